The van der Waals surface area contributed by atoms with Crippen molar-refractivity contribution in [2.24, 2.45) is 5.14 Å². The molecule has 8 heteroatoms. The van der Waals surface area contributed by atoms with E-state index in [-0.39, 0.29) is 0 Å². The SMILES string of the molecule is CSCc1cccc(Sc2nc(S)nc(SN)n2)c1. The summed E-state index contributed by atoms with van der Waals surface area (Å²) in [7, 11) is 0. The molecule has 0 aliphatic heterocycles. The van der Waals surface area contributed by atoms with Gasteiger partial charge in [-0.2, -0.15) is 26.7 Å². The number of nitrogens with two attached hydrogens (primary N) is 1. The smallest absolute Gasteiger partial charge is 0.207 e. The predicted octanol–water partition coefficient (Wildman–Crippen LogP) is 3.14. The molecule has 19 heavy (non-hydrogen) atoms. The molecule has 0 amide bonds. The van der Waals surface area contributed by atoms with Crippen molar-refractivity contribution in [3.8, 4) is 0 Å². The summed E-state index contributed by atoms with van der Waals surface area (Å²) >= 11 is 8.42. The molecule has 0 bridgehead atoms. The molecular formula is C11H12N4S4. The van der Waals surface area contributed by atoms with Crippen LogP contribution in [0.3, 0.4) is 0 Å². The molecule has 0 aliphatic rings. The Hall–Kier alpha value is -0.410. The van der Waals surface area contributed by atoms with E-state index in [1.807, 2.05) is 12.1 Å². The summed E-state index contributed by atoms with van der Waals surface area (Å²) in [6.45, 7) is 0. The minimum atomic E-state index is 0.380. The maximum absolute atomic E-state index is 5.46. The van der Waals surface area contributed by atoms with Gasteiger partial charge in [-0.1, -0.05) is 12.1 Å². The van der Waals surface area contributed by atoms with Gasteiger partial charge in [0.05, 0.1) is 0 Å². The molecule has 2 N–H and O–H groups in total. The van der Waals surface area contributed by atoms with Crippen LogP contribution in [0.2, 0.25) is 0 Å². The highest BCUT2D eigenvalue weighted by molar-refractivity contribution is 7.99. The number of thiol groups is 1. The van der Waals surface area contributed by atoms with Gasteiger partial charge in [-0.25, -0.2) is 0 Å². The fourth-order valence-electron chi connectivity index (χ4n) is 1.40. The summed E-state index contributed by atoms with van der Waals surface area (Å²) in [5.41, 5.74) is 1.28. The molecule has 2 aromatic rings. The standard InChI is InChI=1S/C11H12N4S4/c1-17-6-7-3-2-4-8(5-7)18-10-13-9(16)14-11(15-10)19-12/h2-5H,6,12H2,1H3,(H,13,14,15,16). The van der Waals surface area contributed by atoms with Crippen molar-refractivity contribution in [3.63, 3.8) is 0 Å². The third-order valence-electron chi connectivity index (χ3n) is 2.11. The molecule has 0 saturated carbocycles. The Kier molecular flexibility index (Phi) is 5.83. The number of rotatable bonds is 5. The van der Waals surface area contributed by atoms with Crippen molar-refractivity contribution in [3.05, 3.63) is 29.8 Å². The lowest BCUT2D eigenvalue weighted by Crippen LogP contribution is -1.97. The molecule has 100 valence electrons. The maximum atomic E-state index is 5.46. The van der Waals surface area contributed by atoms with E-state index < -0.39 is 0 Å². The van der Waals surface area contributed by atoms with Crippen LogP contribution in [0.15, 0.2) is 44.6 Å². The highest BCUT2D eigenvalue weighted by atomic mass is 32.2. The topological polar surface area (TPSA) is 64.7 Å². The molecule has 0 atom stereocenters. The molecule has 1 aromatic heterocycles. The Morgan fingerprint density at radius 2 is 2.00 bits per heavy atom. The summed E-state index contributed by atoms with van der Waals surface area (Å²) < 4.78 is 0. The second-order valence-corrected chi connectivity index (χ2v) is 6.41. The third-order valence-corrected chi connectivity index (χ3v) is 4.18. The highest BCUT2D eigenvalue weighted by Crippen LogP contribution is 2.27. The Balaban J connectivity index is 2.20. The van der Waals surface area contributed by atoms with Crippen molar-refractivity contribution in [2.45, 2.75) is 26.1 Å². The van der Waals surface area contributed by atoms with Gasteiger partial charge in [0.15, 0.2) is 10.3 Å². The fourth-order valence-corrected chi connectivity index (χ4v) is 3.40. The maximum Gasteiger partial charge on any atom is 0.207 e. The summed E-state index contributed by atoms with van der Waals surface area (Å²) in [6, 6.07) is 8.32. The molecular weight excluding hydrogens is 316 g/mol. The van der Waals surface area contributed by atoms with E-state index in [1.165, 1.54) is 17.3 Å². The number of benzene rings is 1. The first kappa shape index (κ1) is 15.0. The van der Waals surface area contributed by atoms with Gasteiger partial charge in [-0.05, 0) is 47.7 Å². The molecule has 0 unspecified atom stereocenters. The Morgan fingerprint density at radius 3 is 2.74 bits per heavy atom. The first-order valence-electron chi connectivity index (χ1n) is 5.29. The van der Waals surface area contributed by atoms with Crippen molar-refractivity contribution < 1.29 is 0 Å². The van der Waals surface area contributed by atoms with Crippen molar-refractivity contribution in [1.82, 2.24) is 15.0 Å². The van der Waals surface area contributed by atoms with Crippen LogP contribution in [-0.2, 0) is 5.75 Å². The first-order chi connectivity index (χ1) is 9.21. The minimum absolute atomic E-state index is 0.380. The number of nitrogens with zero attached hydrogens (tertiary/aromatic N) is 3. The van der Waals surface area contributed by atoms with Gasteiger partial charge in [0.2, 0.25) is 5.16 Å². The monoisotopic (exact) mass is 328 g/mol. The average molecular weight is 329 g/mol. The van der Waals surface area contributed by atoms with Crippen LogP contribution < -0.4 is 5.14 Å². The molecule has 0 fully saturated rings. The number of hydrogen-bond donors (Lipinski definition) is 2. The molecule has 4 nitrogen and oxygen atoms in total. The fraction of sp³-hybridized carbons (Fsp3) is 0.182. The van der Waals surface area contributed by atoms with Crippen LogP contribution in [0, 0.1) is 0 Å². The number of thioether (sulfide) groups is 1. The third kappa shape index (κ3) is 4.57. The van der Waals surface area contributed by atoms with E-state index in [2.05, 4.69) is 46.0 Å². The summed E-state index contributed by atoms with van der Waals surface area (Å²) in [5.74, 6) is 0.993. The zero-order valence-corrected chi connectivity index (χ0v) is 13.5. The van der Waals surface area contributed by atoms with Gasteiger partial charge < -0.3 is 0 Å². The van der Waals surface area contributed by atoms with Gasteiger partial charge in [0, 0.05) is 10.6 Å². The van der Waals surface area contributed by atoms with E-state index in [9.17, 15) is 0 Å². The van der Waals surface area contributed by atoms with Crippen LogP contribution >= 0.6 is 48.1 Å². The highest BCUT2D eigenvalue weighted by Gasteiger charge is 2.06. The first-order valence-corrected chi connectivity index (χ1v) is 8.82. The minimum Gasteiger partial charge on any atom is -0.271 e. The predicted molar refractivity (Wildman–Crippen MR) is 84.9 cm³/mol. The normalized spacial score (nSPS) is 10.7. The summed E-state index contributed by atoms with van der Waals surface area (Å²) in [5, 5.41) is 6.92. The quantitative estimate of drug-likeness (QED) is 0.645. The Morgan fingerprint density at radius 1 is 1.21 bits per heavy atom. The second-order valence-electron chi connectivity index (χ2n) is 3.50. The molecule has 0 saturated heterocycles. The van der Waals surface area contributed by atoms with E-state index >= 15 is 0 Å². The van der Waals surface area contributed by atoms with Crippen LogP contribution in [0.4, 0.5) is 0 Å². The van der Waals surface area contributed by atoms with Gasteiger partial charge in [-0.3, -0.25) is 5.14 Å². The Labute approximate surface area is 130 Å². The van der Waals surface area contributed by atoms with Crippen LogP contribution in [-0.4, -0.2) is 21.2 Å². The van der Waals surface area contributed by atoms with Crippen LogP contribution in [0.25, 0.3) is 0 Å². The lowest BCUT2D eigenvalue weighted by atomic mass is 10.2. The van der Waals surface area contributed by atoms with E-state index in [4.69, 9.17) is 5.14 Å². The zero-order chi connectivity index (χ0) is 13.7. The van der Waals surface area contributed by atoms with Crippen LogP contribution in [0.5, 0.6) is 0 Å². The average Bonchev–Trinajstić information content (AvgIpc) is 2.39. The molecule has 1 aromatic carbocycles. The van der Waals surface area contributed by atoms with Gasteiger partial charge >= 0.3 is 0 Å². The van der Waals surface area contributed by atoms with Crippen LogP contribution in [0.1, 0.15) is 5.56 Å². The largest absolute Gasteiger partial charge is 0.271 e. The number of hydrogen-bond acceptors (Lipinski definition) is 8. The Bertz CT molecular complexity index is 564. The molecule has 0 spiro atoms. The second kappa shape index (κ2) is 7.39. The van der Waals surface area contributed by atoms with Crippen molar-refractivity contribution >= 4 is 48.1 Å². The summed E-state index contributed by atoms with van der Waals surface area (Å²) in [6.07, 6.45) is 2.09. The van der Waals surface area contributed by atoms with Crippen molar-refractivity contribution in [1.29, 1.82) is 0 Å². The van der Waals surface area contributed by atoms with Gasteiger partial charge in [-0.15, -0.1) is 12.6 Å². The molecule has 1 heterocycles. The molecule has 0 radical (unpaired) electrons. The summed E-state index contributed by atoms with van der Waals surface area (Å²) in [4.78, 5) is 13.5. The lowest BCUT2D eigenvalue weighted by molar-refractivity contribution is 0.720. The lowest BCUT2D eigenvalue weighted by Gasteiger charge is -2.04. The number of aromatic nitrogens is 3. The molecule has 0 aliphatic carbocycles. The van der Waals surface area contributed by atoms with E-state index in [0.717, 1.165) is 22.6 Å². The van der Waals surface area contributed by atoms with Gasteiger partial charge in [0.1, 0.15) is 0 Å². The van der Waals surface area contributed by atoms with E-state index in [1.54, 1.807) is 11.8 Å². The van der Waals surface area contributed by atoms with Gasteiger partial charge in [0.25, 0.3) is 0 Å². The van der Waals surface area contributed by atoms with E-state index in [0.29, 0.717) is 15.5 Å². The molecule has 2 rings (SSSR count). The van der Waals surface area contributed by atoms with Crippen molar-refractivity contribution in [2.75, 3.05) is 6.26 Å². The zero-order valence-electron chi connectivity index (χ0n) is 10.1.